The molecule has 0 saturated carbocycles. The fourth-order valence-corrected chi connectivity index (χ4v) is 4.01. The third-order valence-electron chi connectivity index (χ3n) is 3.66. The number of hydrogen-bond acceptors (Lipinski definition) is 3. The molecule has 2 aromatic rings. The van der Waals surface area contributed by atoms with E-state index < -0.39 is 0 Å². The standard InChI is InChI=1S/C14H18ClN3S/c1-14(2,3)12-16-17-13(15)18(12)10-5-4-6-11-9(10)7-8-19-11/h7-8,10H,4-6H2,1-3H3. The van der Waals surface area contributed by atoms with Crippen LogP contribution in [0.5, 0.6) is 0 Å². The Bertz CT molecular complexity index is 594. The van der Waals surface area contributed by atoms with Gasteiger partial charge in [-0.2, -0.15) is 0 Å². The smallest absolute Gasteiger partial charge is 0.225 e. The maximum Gasteiger partial charge on any atom is 0.225 e. The van der Waals surface area contributed by atoms with Crippen LogP contribution in [0.25, 0.3) is 0 Å². The molecular weight excluding hydrogens is 278 g/mol. The van der Waals surface area contributed by atoms with Crippen LogP contribution >= 0.6 is 22.9 Å². The van der Waals surface area contributed by atoms with Gasteiger partial charge in [0, 0.05) is 10.3 Å². The number of thiophene rings is 1. The largest absolute Gasteiger partial charge is 0.294 e. The normalized spacial score (nSPS) is 19.5. The lowest BCUT2D eigenvalue weighted by atomic mass is 9.91. The average molecular weight is 296 g/mol. The van der Waals surface area contributed by atoms with Gasteiger partial charge >= 0.3 is 0 Å². The molecule has 102 valence electrons. The molecule has 2 aromatic heterocycles. The first-order valence-corrected chi connectivity index (χ1v) is 7.91. The van der Waals surface area contributed by atoms with Gasteiger partial charge in [0.25, 0.3) is 0 Å². The Balaban J connectivity index is 2.12. The summed E-state index contributed by atoms with van der Waals surface area (Å²) >= 11 is 8.16. The summed E-state index contributed by atoms with van der Waals surface area (Å²) in [5.41, 5.74) is 1.36. The van der Waals surface area contributed by atoms with Crippen LogP contribution in [-0.4, -0.2) is 14.8 Å². The van der Waals surface area contributed by atoms with Crippen LogP contribution in [0, 0.1) is 0 Å². The van der Waals surface area contributed by atoms with Gasteiger partial charge in [-0.05, 0) is 47.9 Å². The van der Waals surface area contributed by atoms with E-state index in [0.717, 1.165) is 12.2 Å². The third kappa shape index (κ3) is 2.21. The van der Waals surface area contributed by atoms with Crippen molar-refractivity contribution >= 4 is 22.9 Å². The quantitative estimate of drug-likeness (QED) is 0.789. The first-order valence-electron chi connectivity index (χ1n) is 6.65. The van der Waals surface area contributed by atoms with Gasteiger partial charge < -0.3 is 0 Å². The highest BCUT2D eigenvalue weighted by molar-refractivity contribution is 7.10. The average Bonchev–Trinajstić information content (AvgIpc) is 2.93. The van der Waals surface area contributed by atoms with Crippen molar-refractivity contribution in [1.29, 1.82) is 0 Å². The SMILES string of the molecule is CC(C)(C)c1nnc(Cl)n1C1CCCc2sccc21. The van der Waals surface area contributed by atoms with Gasteiger partial charge in [-0.1, -0.05) is 20.8 Å². The molecule has 1 unspecified atom stereocenters. The monoisotopic (exact) mass is 295 g/mol. The van der Waals surface area contributed by atoms with E-state index in [-0.39, 0.29) is 5.41 Å². The van der Waals surface area contributed by atoms with Gasteiger partial charge in [-0.3, -0.25) is 4.57 Å². The summed E-state index contributed by atoms with van der Waals surface area (Å²) in [4.78, 5) is 1.49. The van der Waals surface area contributed by atoms with Gasteiger partial charge in [0.2, 0.25) is 5.28 Å². The Morgan fingerprint density at radius 1 is 1.37 bits per heavy atom. The molecule has 1 aliphatic carbocycles. The Labute approximate surface area is 122 Å². The molecule has 0 spiro atoms. The fourth-order valence-electron chi connectivity index (χ4n) is 2.79. The fraction of sp³-hybridized carbons (Fsp3) is 0.571. The Morgan fingerprint density at radius 3 is 2.89 bits per heavy atom. The lowest BCUT2D eigenvalue weighted by molar-refractivity contribution is 0.432. The second kappa shape index (κ2) is 4.60. The van der Waals surface area contributed by atoms with E-state index in [0.29, 0.717) is 11.3 Å². The Morgan fingerprint density at radius 2 is 2.16 bits per heavy atom. The Hall–Kier alpha value is -0.870. The molecule has 0 radical (unpaired) electrons. The highest BCUT2D eigenvalue weighted by Gasteiger charge is 2.31. The molecule has 3 rings (SSSR count). The minimum atomic E-state index is -0.0478. The summed E-state index contributed by atoms with van der Waals surface area (Å²) in [6.07, 6.45) is 3.51. The molecule has 1 aliphatic rings. The number of aryl methyl sites for hydroxylation is 1. The zero-order chi connectivity index (χ0) is 13.6. The number of fused-ring (bicyclic) bond motifs is 1. The third-order valence-corrected chi connectivity index (χ3v) is 4.91. The van der Waals surface area contributed by atoms with Gasteiger partial charge in [0.1, 0.15) is 5.82 Å². The molecule has 5 heteroatoms. The molecule has 0 saturated heterocycles. The summed E-state index contributed by atoms with van der Waals surface area (Å²) in [7, 11) is 0. The highest BCUT2D eigenvalue weighted by Crippen LogP contribution is 2.39. The van der Waals surface area contributed by atoms with Crippen LogP contribution in [0.4, 0.5) is 0 Å². The lowest BCUT2D eigenvalue weighted by Gasteiger charge is -2.28. The zero-order valence-electron chi connectivity index (χ0n) is 11.5. The highest BCUT2D eigenvalue weighted by atomic mass is 35.5. The first kappa shape index (κ1) is 13.1. The molecular formula is C14H18ClN3S. The number of rotatable bonds is 1. The molecule has 3 nitrogen and oxygen atoms in total. The van der Waals surface area contributed by atoms with Crippen LogP contribution in [0.3, 0.4) is 0 Å². The second-order valence-corrected chi connectivity index (χ2v) is 7.46. The number of hydrogen-bond donors (Lipinski definition) is 0. The van der Waals surface area contributed by atoms with E-state index in [1.165, 1.54) is 23.3 Å². The van der Waals surface area contributed by atoms with Gasteiger partial charge in [0.15, 0.2) is 0 Å². The molecule has 0 bridgehead atoms. The molecule has 0 N–H and O–H groups in total. The Kier molecular flexibility index (Phi) is 3.18. The minimum absolute atomic E-state index is 0.0478. The van der Waals surface area contributed by atoms with E-state index in [2.05, 4.69) is 47.0 Å². The molecule has 19 heavy (non-hydrogen) atoms. The predicted octanol–water partition coefficient (Wildman–Crippen LogP) is 4.22. The summed E-state index contributed by atoms with van der Waals surface area (Å²) in [6.45, 7) is 6.46. The van der Waals surface area contributed by atoms with Crippen LogP contribution in [0.1, 0.15) is 55.9 Å². The van der Waals surface area contributed by atoms with Crippen LogP contribution < -0.4 is 0 Å². The van der Waals surface area contributed by atoms with E-state index in [9.17, 15) is 0 Å². The van der Waals surface area contributed by atoms with E-state index in [1.807, 2.05) is 11.3 Å². The van der Waals surface area contributed by atoms with Crippen molar-refractivity contribution < 1.29 is 0 Å². The molecule has 0 fully saturated rings. The van der Waals surface area contributed by atoms with Crippen LogP contribution in [0.15, 0.2) is 11.4 Å². The topological polar surface area (TPSA) is 30.7 Å². The van der Waals surface area contributed by atoms with Crippen LogP contribution in [-0.2, 0) is 11.8 Å². The maximum atomic E-state index is 6.31. The molecule has 0 aromatic carbocycles. The number of halogens is 1. The molecule has 0 amide bonds. The van der Waals surface area contributed by atoms with Gasteiger partial charge in [-0.15, -0.1) is 21.5 Å². The van der Waals surface area contributed by atoms with Gasteiger partial charge in [-0.25, -0.2) is 0 Å². The van der Waals surface area contributed by atoms with Crippen LogP contribution in [0.2, 0.25) is 5.28 Å². The first-order chi connectivity index (χ1) is 8.98. The summed E-state index contributed by atoms with van der Waals surface area (Å²) in [5, 5.41) is 11.1. The van der Waals surface area contributed by atoms with Crippen molar-refractivity contribution in [3.63, 3.8) is 0 Å². The van der Waals surface area contributed by atoms with E-state index in [4.69, 9.17) is 11.6 Å². The summed E-state index contributed by atoms with van der Waals surface area (Å²) < 4.78 is 2.13. The molecule has 2 heterocycles. The predicted molar refractivity (Wildman–Crippen MR) is 79.1 cm³/mol. The van der Waals surface area contributed by atoms with Crippen molar-refractivity contribution in [3.8, 4) is 0 Å². The molecule has 1 atom stereocenters. The maximum absolute atomic E-state index is 6.31. The van der Waals surface area contributed by atoms with E-state index in [1.54, 1.807) is 0 Å². The van der Waals surface area contributed by atoms with Crippen molar-refractivity contribution in [2.75, 3.05) is 0 Å². The van der Waals surface area contributed by atoms with Crippen molar-refractivity contribution in [2.45, 2.75) is 51.5 Å². The second-order valence-electron chi connectivity index (χ2n) is 6.12. The minimum Gasteiger partial charge on any atom is -0.294 e. The summed E-state index contributed by atoms with van der Waals surface area (Å²) in [6, 6.07) is 2.53. The zero-order valence-corrected chi connectivity index (χ0v) is 13.1. The van der Waals surface area contributed by atoms with Gasteiger partial charge in [0.05, 0.1) is 6.04 Å². The molecule has 0 aliphatic heterocycles. The lowest BCUT2D eigenvalue weighted by Crippen LogP contribution is -2.24. The van der Waals surface area contributed by atoms with Crippen molar-refractivity contribution in [1.82, 2.24) is 14.8 Å². The van der Waals surface area contributed by atoms with E-state index >= 15 is 0 Å². The van der Waals surface area contributed by atoms with Crippen molar-refractivity contribution in [3.05, 3.63) is 33.0 Å². The number of aromatic nitrogens is 3. The van der Waals surface area contributed by atoms with Crippen molar-refractivity contribution in [2.24, 2.45) is 0 Å². The summed E-state index contributed by atoms with van der Waals surface area (Å²) in [5.74, 6) is 0.974. The number of nitrogens with zero attached hydrogens (tertiary/aromatic N) is 3.